The van der Waals surface area contributed by atoms with Crippen molar-refractivity contribution in [1.82, 2.24) is 0 Å². The van der Waals surface area contributed by atoms with Crippen molar-refractivity contribution in [2.45, 2.75) is 6.42 Å². The van der Waals surface area contributed by atoms with Gasteiger partial charge in [0.05, 0.1) is 4.99 Å². The molecular weight excluding hydrogens is 383 g/mol. The van der Waals surface area contributed by atoms with Crippen molar-refractivity contribution in [2.75, 3.05) is 5.32 Å². The SMILES string of the molecule is NC(=S)Cc1ccc(NC(=O)c2cccc(I)c2)cc1. The van der Waals surface area contributed by atoms with E-state index in [9.17, 15) is 4.79 Å². The summed E-state index contributed by atoms with van der Waals surface area (Å²) in [6, 6.07) is 14.9. The van der Waals surface area contributed by atoms with Crippen LogP contribution in [-0.4, -0.2) is 10.9 Å². The molecule has 3 nitrogen and oxygen atoms in total. The van der Waals surface area contributed by atoms with Crippen LogP contribution in [0, 0.1) is 3.57 Å². The second kappa shape index (κ2) is 6.81. The van der Waals surface area contributed by atoms with Crippen LogP contribution in [0.1, 0.15) is 15.9 Å². The van der Waals surface area contributed by atoms with E-state index in [2.05, 4.69) is 27.9 Å². The molecule has 2 aromatic carbocycles. The average Bonchev–Trinajstić information content (AvgIpc) is 2.40. The van der Waals surface area contributed by atoms with Gasteiger partial charge in [-0.2, -0.15) is 0 Å². The Balaban J connectivity index is 2.06. The monoisotopic (exact) mass is 396 g/mol. The number of nitrogens with two attached hydrogens (primary N) is 1. The number of hydrogen-bond acceptors (Lipinski definition) is 2. The molecule has 102 valence electrons. The average molecular weight is 396 g/mol. The van der Waals surface area contributed by atoms with E-state index in [0.29, 0.717) is 17.0 Å². The number of benzene rings is 2. The fraction of sp³-hybridized carbons (Fsp3) is 0.0667. The fourth-order valence-electron chi connectivity index (χ4n) is 1.74. The molecule has 2 aromatic rings. The third kappa shape index (κ3) is 4.28. The van der Waals surface area contributed by atoms with Gasteiger partial charge in [-0.05, 0) is 58.5 Å². The molecule has 2 rings (SSSR count). The Bertz CT molecular complexity index is 641. The van der Waals surface area contributed by atoms with Crippen LogP contribution in [0.4, 0.5) is 5.69 Å². The Morgan fingerprint density at radius 3 is 2.50 bits per heavy atom. The number of amides is 1. The Kier molecular flexibility index (Phi) is 5.08. The highest BCUT2D eigenvalue weighted by molar-refractivity contribution is 14.1. The number of halogens is 1. The van der Waals surface area contributed by atoms with Crippen molar-refractivity contribution in [3.8, 4) is 0 Å². The van der Waals surface area contributed by atoms with Gasteiger partial charge in [0.2, 0.25) is 0 Å². The summed E-state index contributed by atoms with van der Waals surface area (Å²) in [6.45, 7) is 0. The van der Waals surface area contributed by atoms with E-state index >= 15 is 0 Å². The largest absolute Gasteiger partial charge is 0.393 e. The molecule has 0 heterocycles. The fourth-order valence-corrected chi connectivity index (χ4v) is 2.45. The summed E-state index contributed by atoms with van der Waals surface area (Å²) in [5.41, 5.74) is 7.92. The summed E-state index contributed by atoms with van der Waals surface area (Å²) in [4.78, 5) is 12.5. The van der Waals surface area contributed by atoms with E-state index in [-0.39, 0.29) is 5.91 Å². The highest BCUT2D eigenvalue weighted by atomic mass is 127. The van der Waals surface area contributed by atoms with Crippen molar-refractivity contribution in [3.05, 3.63) is 63.2 Å². The van der Waals surface area contributed by atoms with Crippen LogP contribution in [0.2, 0.25) is 0 Å². The number of rotatable bonds is 4. The topological polar surface area (TPSA) is 55.1 Å². The van der Waals surface area contributed by atoms with Gasteiger partial charge in [0.1, 0.15) is 0 Å². The number of thiocarbonyl (C=S) groups is 1. The Morgan fingerprint density at radius 1 is 1.20 bits per heavy atom. The molecule has 0 radical (unpaired) electrons. The molecule has 0 aliphatic heterocycles. The molecular formula is C15H13IN2OS. The summed E-state index contributed by atoms with van der Waals surface area (Å²) in [7, 11) is 0. The second-order valence-electron chi connectivity index (χ2n) is 4.30. The first kappa shape index (κ1) is 14.9. The molecule has 20 heavy (non-hydrogen) atoms. The van der Waals surface area contributed by atoms with Gasteiger partial charge in [0.15, 0.2) is 0 Å². The summed E-state index contributed by atoms with van der Waals surface area (Å²) in [5.74, 6) is -0.120. The molecule has 0 aromatic heterocycles. The van der Waals surface area contributed by atoms with E-state index in [0.717, 1.165) is 14.8 Å². The molecule has 0 bridgehead atoms. The van der Waals surface area contributed by atoms with Crippen LogP contribution in [0.15, 0.2) is 48.5 Å². The van der Waals surface area contributed by atoms with Crippen LogP contribution in [0.3, 0.4) is 0 Å². The van der Waals surface area contributed by atoms with Gasteiger partial charge in [-0.1, -0.05) is 30.4 Å². The van der Waals surface area contributed by atoms with Crippen LogP contribution < -0.4 is 11.1 Å². The summed E-state index contributed by atoms with van der Waals surface area (Å²) in [6.07, 6.45) is 0.570. The molecule has 0 saturated heterocycles. The van der Waals surface area contributed by atoms with Crippen molar-refractivity contribution in [3.63, 3.8) is 0 Å². The lowest BCUT2D eigenvalue weighted by atomic mass is 10.1. The van der Waals surface area contributed by atoms with Gasteiger partial charge >= 0.3 is 0 Å². The minimum absolute atomic E-state index is 0.120. The van der Waals surface area contributed by atoms with E-state index in [1.54, 1.807) is 6.07 Å². The van der Waals surface area contributed by atoms with Crippen LogP contribution >= 0.6 is 34.8 Å². The molecule has 3 N–H and O–H groups in total. The van der Waals surface area contributed by atoms with E-state index in [1.165, 1.54) is 0 Å². The predicted octanol–water partition coefficient (Wildman–Crippen LogP) is 3.37. The zero-order valence-electron chi connectivity index (χ0n) is 10.6. The van der Waals surface area contributed by atoms with Crippen LogP contribution in [0.25, 0.3) is 0 Å². The van der Waals surface area contributed by atoms with Gasteiger partial charge in [0.25, 0.3) is 5.91 Å². The summed E-state index contributed by atoms with van der Waals surface area (Å²) < 4.78 is 1.03. The molecule has 0 saturated carbocycles. The highest BCUT2D eigenvalue weighted by Gasteiger charge is 2.06. The maximum atomic E-state index is 12.1. The van der Waals surface area contributed by atoms with Crippen molar-refractivity contribution in [1.29, 1.82) is 0 Å². The van der Waals surface area contributed by atoms with E-state index < -0.39 is 0 Å². The predicted molar refractivity (Wildman–Crippen MR) is 94.0 cm³/mol. The molecule has 0 fully saturated rings. The normalized spacial score (nSPS) is 10.1. The summed E-state index contributed by atoms with van der Waals surface area (Å²) >= 11 is 7.04. The smallest absolute Gasteiger partial charge is 0.255 e. The standard InChI is InChI=1S/C15H13IN2OS/c16-12-3-1-2-11(9-12)15(19)18-13-6-4-10(5-7-13)8-14(17)20/h1-7,9H,8H2,(H2,17,20)(H,18,19). The van der Waals surface area contributed by atoms with Gasteiger partial charge in [-0.25, -0.2) is 0 Å². The minimum atomic E-state index is -0.120. The lowest BCUT2D eigenvalue weighted by molar-refractivity contribution is 0.102. The maximum absolute atomic E-state index is 12.1. The first-order valence-corrected chi connectivity index (χ1v) is 7.47. The third-order valence-corrected chi connectivity index (χ3v) is 3.49. The first-order valence-electron chi connectivity index (χ1n) is 5.99. The Morgan fingerprint density at radius 2 is 1.90 bits per heavy atom. The van der Waals surface area contributed by atoms with E-state index in [1.807, 2.05) is 42.5 Å². The highest BCUT2D eigenvalue weighted by Crippen LogP contribution is 2.13. The minimum Gasteiger partial charge on any atom is -0.393 e. The zero-order chi connectivity index (χ0) is 14.5. The van der Waals surface area contributed by atoms with Gasteiger partial charge in [-0.15, -0.1) is 0 Å². The van der Waals surface area contributed by atoms with Crippen molar-refractivity contribution >= 4 is 51.4 Å². The molecule has 0 spiro atoms. The van der Waals surface area contributed by atoms with Gasteiger partial charge in [0, 0.05) is 21.2 Å². The lowest BCUT2D eigenvalue weighted by Gasteiger charge is -2.07. The van der Waals surface area contributed by atoms with Crippen molar-refractivity contribution in [2.24, 2.45) is 5.73 Å². The van der Waals surface area contributed by atoms with Crippen LogP contribution in [0.5, 0.6) is 0 Å². The number of nitrogens with one attached hydrogen (secondary N) is 1. The molecule has 0 unspecified atom stereocenters. The quantitative estimate of drug-likeness (QED) is 0.616. The van der Waals surface area contributed by atoms with Gasteiger partial charge in [-0.3, -0.25) is 4.79 Å². The van der Waals surface area contributed by atoms with Crippen molar-refractivity contribution < 1.29 is 4.79 Å². The van der Waals surface area contributed by atoms with E-state index in [4.69, 9.17) is 18.0 Å². The molecule has 0 atom stereocenters. The first-order chi connectivity index (χ1) is 9.54. The second-order valence-corrected chi connectivity index (χ2v) is 6.07. The van der Waals surface area contributed by atoms with Gasteiger partial charge < -0.3 is 11.1 Å². The molecule has 1 amide bonds. The molecule has 5 heteroatoms. The number of hydrogen-bond donors (Lipinski definition) is 2. The maximum Gasteiger partial charge on any atom is 0.255 e. The number of anilines is 1. The van der Waals surface area contributed by atoms with Crippen LogP contribution in [-0.2, 0) is 6.42 Å². The Hall–Kier alpha value is -1.47. The lowest BCUT2D eigenvalue weighted by Crippen LogP contribution is -2.13. The summed E-state index contributed by atoms with van der Waals surface area (Å²) in [5, 5.41) is 2.86. The zero-order valence-corrected chi connectivity index (χ0v) is 13.6. The number of carbonyl (C=O) groups excluding carboxylic acids is 1. The molecule has 0 aliphatic rings. The third-order valence-electron chi connectivity index (χ3n) is 2.68. The Labute approximate surface area is 136 Å². The molecule has 0 aliphatic carbocycles. The number of carbonyl (C=O) groups is 1.